The van der Waals surface area contributed by atoms with Crippen LogP contribution in [0.5, 0.6) is 11.5 Å². The third kappa shape index (κ3) is 4.27. The number of nitrogen functional groups attached to an aromatic ring is 1. The van der Waals surface area contributed by atoms with Crippen LogP contribution in [0.4, 0.5) is 11.6 Å². The average Bonchev–Trinajstić information content (AvgIpc) is 3.27. The molecular weight excluding hydrogens is 430 g/mol. The number of likely N-dealkylation sites (tertiary alicyclic amines) is 1. The Morgan fingerprint density at radius 2 is 2.03 bits per heavy atom. The van der Waals surface area contributed by atoms with Gasteiger partial charge in [-0.15, -0.1) is 0 Å². The summed E-state index contributed by atoms with van der Waals surface area (Å²) in [6.45, 7) is 4.88. The molecule has 172 valence electrons. The number of amides is 1. The molecule has 2 aromatic heterocycles. The first-order valence-electron chi connectivity index (χ1n) is 11.1. The molecule has 0 unspecified atom stereocenters. The van der Waals surface area contributed by atoms with Gasteiger partial charge in [0.2, 0.25) is 5.91 Å². The number of ether oxygens (including phenoxy) is 1. The number of hydrogen-bond donors (Lipinski definition) is 2. The van der Waals surface area contributed by atoms with Crippen LogP contribution in [-0.4, -0.2) is 49.7 Å². The van der Waals surface area contributed by atoms with Gasteiger partial charge in [0.1, 0.15) is 23.5 Å². The van der Waals surface area contributed by atoms with E-state index in [1.165, 1.54) is 12.4 Å². The van der Waals surface area contributed by atoms with E-state index in [0.29, 0.717) is 29.6 Å². The minimum absolute atomic E-state index is 0.0263. The highest BCUT2D eigenvalue weighted by Gasteiger charge is 2.24. The first-order chi connectivity index (χ1) is 16.6. The zero-order valence-corrected chi connectivity index (χ0v) is 18.6. The van der Waals surface area contributed by atoms with Gasteiger partial charge < -0.3 is 20.7 Å². The number of anilines is 2. The Morgan fingerprint density at radius 3 is 2.85 bits per heavy atom. The van der Waals surface area contributed by atoms with Gasteiger partial charge in [0.15, 0.2) is 11.6 Å². The molecule has 1 aliphatic heterocycles. The number of nitrogens with two attached hydrogens (primary N) is 1. The normalized spacial score (nSPS) is 15.8. The number of carbonyl (C=O) groups excluding carboxylic acids is 1. The lowest BCUT2D eigenvalue weighted by atomic mass is 10.1. The molecule has 3 heterocycles. The molecule has 1 atom stereocenters. The van der Waals surface area contributed by atoms with Crippen molar-refractivity contribution < 1.29 is 9.53 Å². The molecule has 1 saturated heterocycles. The van der Waals surface area contributed by atoms with Crippen LogP contribution in [0, 0.1) is 0 Å². The first-order valence-corrected chi connectivity index (χ1v) is 11.1. The van der Waals surface area contributed by atoms with Gasteiger partial charge in [-0.1, -0.05) is 24.8 Å². The summed E-state index contributed by atoms with van der Waals surface area (Å²) in [6, 6.07) is 15.4. The number of para-hydroxylation sites is 1. The van der Waals surface area contributed by atoms with Gasteiger partial charge in [0.25, 0.3) is 0 Å². The molecule has 4 aromatic rings. The maximum atomic E-state index is 12.1. The number of fused-ring (bicyclic) bond motifs is 1. The van der Waals surface area contributed by atoms with E-state index in [1.807, 2.05) is 48.5 Å². The lowest BCUT2D eigenvalue weighted by Gasteiger charge is -2.33. The lowest BCUT2D eigenvalue weighted by Crippen LogP contribution is -2.44. The number of piperidine rings is 1. The molecule has 3 N–H and O–H groups in total. The molecule has 0 saturated carbocycles. The summed E-state index contributed by atoms with van der Waals surface area (Å²) in [4.78, 5) is 22.5. The van der Waals surface area contributed by atoms with Gasteiger partial charge >= 0.3 is 0 Å². The Balaban J connectivity index is 1.44. The fraction of sp³-hybridized carbons (Fsp3) is 0.200. The van der Waals surface area contributed by atoms with Gasteiger partial charge in [0.05, 0.1) is 11.7 Å². The SMILES string of the molecule is C=CC(=O)N1CCC[C@@H](Nc2ncnc(N)c2-n2ncc3cc(Oc4ccccc4)ccc32)C1. The van der Waals surface area contributed by atoms with Crippen LogP contribution in [0.2, 0.25) is 0 Å². The maximum absolute atomic E-state index is 12.1. The molecule has 0 spiro atoms. The first kappa shape index (κ1) is 21.4. The molecular formula is C25H25N7O2. The van der Waals surface area contributed by atoms with E-state index in [9.17, 15) is 4.79 Å². The summed E-state index contributed by atoms with van der Waals surface area (Å²) in [7, 11) is 0. The highest BCUT2D eigenvalue weighted by Crippen LogP contribution is 2.31. The van der Waals surface area contributed by atoms with E-state index >= 15 is 0 Å². The lowest BCUT2D eigenvalue weighted by molar-refractivity contribution is -0.127. The molecule has 2 aromatic carbocycles. The second kappa shape index (κ2) is 9.22. The second-order valence-corrected chi connectivity index (χ2v) is 8.12. The number of hydrogen-bond acceptors (Lipinski definition) is 7. The maximum Gasteiger partial charge on any atom is 0.246 e. The van der Waals surface area contributed by atoms with E-state index < -0.39 is 0 Å². The number of benzene rings is 2. The zero-order chi connectivity index (χ0) is 23.5. The minimum Gasteiger partial charge on any atom is -0.457 e. The summed E-state index contributed by atoms with van der Waals surface area (Å²) in [5.41, 5.74) is 7.70. The topological polar surface area (TPSA) is 111 Å². The second-order valence-electron chi connectivity index (χ2n) is 8.12. The summed E-state index contributed by atoms with van der Waals surface area (Å²) >= 11 is 0. The monoisotopic (exact) mass is 455 g/mol. The molecule has 9 heteroatoms. The predicted octanol–water partition coefficient (Wildman–Crippen LogP) is 3.78. The Kier molecular flexibility index (Phi) is 5.82. The number of nitrogens with zero attached hydrogens (tertiary/aromatic N) is 5. The van der Waals surface area contributed by atoms with Crippen molar-refractivity contribution in [3.8, 4) is 17.2 Å². The van der Waals surface area contributed by atoms with Crippen molar-refractivity contribution in [2.45, 2.75) is 18.9 Å². The molecule has 0 bridgehead atoms. The number of aromatic nitrogens is 4. The van der Waals surface area contributed by atoms with Crippen LogP contribution < -0.4 is 15.8 Å². The van der Waals surface area contributed by atoms with Crippen molar-refractivity contribution in [1.82, 2.24) is 24.6 Å². The van der Waals surface area contributed by atoms with Crippen molar-refractivity contribution in [2.75, 3.05) is 24.1 Å². The predicted molar refractivity (Wildman–Crippen MR) is 131 cm³/mol. The highest BCUT2D eigenvalue weighted by atomic mass is 16.5. The third-order valence-corrected chi connectivity index (χ3v) is 5.83. The fourth-order valence-corrected chi connectivity index (χ4v) is 4.20. The zero-order valence-electron chi connectivity index (χ0n) is 18.6. The summed E-state index contributed by atoms with van der Waals surface area (Å²) < 4.78 is 7.68. The van der Waals surface area contributed by atoms with Crippen LogP contribution in [0.25, 0.3) is 16.6 Å². The van der Waals surface area contributed by atoms with E-state index in [-0.39, 0.29) is 11.9 Å². The largest absolute Gasteiger partial charge is 0.457 e. The van der Waals surface area contributed by atoms with Crippen molar-refractivity contribution in [2.24, 2.45) is 0 Å². The van der Waals surface area contributed by atoms with Gasteiger partial charge in [-0.3, -0.25) is 4.79 Å². The molecule has 1 fully saturated rings. The van der Waals surface area contributed by atoms with Crippen molar-refractivity contribution in [1.29, 1.82) is 0 Å². The highest BCUT2D eigenvalue weighted by molar-refractivity contribution is 5.87. The molecule has 9 nitrogen and oxygen atoms in total. The summed E-state index contributed by atoms with van der Waals surface area (Å²) in [5.74, 6) is 2.28. The average molecular weight is 456 g/mol. The van der Waals surface area contributed by atoms with Crippen LogP contribution in [0.15, 0.2) is 73.7 Å². The van der Waals surface area contributed by atoms with Gasteiger partial charge in [-0.25, -0.2) is 14.6 Å². The Hall–Kier alpha value is -4.40. The van der Waals surface area contributed by atoms with Crippen LogP contribution in [0.1, 0.15) is 12.8 Å². The van der Waals surface area contributed by atoms with Gasteiger partial charge in [-0.2, -0.15) is 5.10 Å². The molecule has 1 amide bonds. The molecule has 0 aliphatic carbocycles. The van der Waals surface area contributed by atoms with Crippen molar-refractivity contribution in [3.63, 3.8) is 0 Å². The number of carbonyl (C=O) groups is 1. The van der Waals surface area contributed by atoms with E-state index in [4.69, 9.17) is 10.5 Å². The standard InChI is InChI=1S/C25H25N7O2/c1-2-22(33)31-12-6-7-18(15-31)30-25-23(24(26)27-16-28-25)32-21-11-10-20(13-17(21)14-29-32)34-19-8-4-3-5-9-19/h2-5,8-11,13-14,16,18H,1,6-7,12,15H2,(H3,26,27,28,30)/t18-/m1/s1. The quantitative estimate of drug-likeness (QED) is 0.426. The molecule has 34 heavy (non-hydrogen) atoms. The smallest absolute Gasteiger partial charge is 0.246 e. The fourth-order valence-electron chi connectivity index (χ4n) is 4.20. The van der Waals surface area contributed by atoms with Crippen LogP contribution >= 0.6 is 0 Å². The molecule has 1 aliphatic rings. The molecule has 0 radical (unpaired) electrons. The Morgan fingerprint density at radius 1 is 1.18 bits per heavy atom. The van der Waals surface area contributed by atoms with Crippen LogP contribution in [0.3, 0.4) is 0 Å². The van der Waals surface area contributed by atoms with E-state index in [1.54, 1.807) is 15.8 Å². The van der Waals surface area contributed by atoms with E-state index in [0.717, 1.165) is 36.0 Å². The van der Waals surface area contributed by atoms with Crippen molar-refractivity contribution >= 4 is 28.4 Å². The summed E-state index contributed by atoms with van der Waals surface area (Å²) in [5, 5.41) is 8.91. The van der Waals surface area contributed by atoms with Gasteiger partial charge in [-0.05, 0) is 49.2 Å². The number of nitrogens with one attached hydrogen (secondary N) is 1. The Bertz CT molecular complexity index is 1340. The van der Waals surface area contributed by atoms with Crippen LogP contribution in [-0.2, 0) is 4.79 Å². The van der Waals surface area contributed by atoms with Crippen molar-refractivity contribution in [3.05, 3.63) is 73.7 Å². The number of rotatable bonds is 6. The minimum atomic E-state index is -0.0690. The van der Waals surface area contributed by atoms with Gasteiger partial charge in [0, 0.05) is 24.5 Å². The third-order valence-electron chi connectivity index (χ3n) is 5.83. The van der Waals surface area contributed by atoms with E-state index in [2.05, 4.69) is 27.0 Å². The molecule has 5 rings (SSSR count). The Labute approximate surface area is 196 Å². The summed E-state index contributed by atoms with van der Waals surface area (Å²) in [6.07, 6.45) is 6.33.